The van der Waals surface area contributed by atoms with Crippen molar-refractivity contribution in [3.63, 3.8) is 0 Å². The Morgan fingerprint density at radius 2 is 1.94 bits per heavy atom. The van der Waals surface area contributed by atoms with Crippen LogP contribution in [0.1, 0.15) is 12.5 Å². The maximum atomic E-state index is 11.1. The van der Waals surface area contributed by atoms with Crippen LogP contribution in [-0.4, -0.2) is 11.1 Å². The van der Waals surface area contributed by atoms with Crippen molar-refractivity contribution in [3.8, 4) is 0 Å². The molecule has 0 aromatic heterocycles. The van der Waals surface area contributed by atoms with Crippen LogP contribution >= 0.6 is 11.8 Å². The lowest BCUT2D eigenvalue weighted by Crippen LogP contribution is -1.99. The summed E-state index contributed by atoms with van der Waals surface area (Å²) in [5.41, 5.74) is 1.48. The van der Waals surface area contributed by atoms with E-state index in [1.165, 1.54) is 17.3 Å². The standard InChI is InChI=1S/C15H16O2S/c1-4-5-6-14(15(16)17)12(3)18-13-9-7-11(2)8-10-13/h4-10H,1H2,2-3H3,(H,16,17)/b6-5-,14-12-. The first-order chi connectivity index (χ1) is 8.54. The molecule has 0 heterocycles. The Hall–Kier alpha value is -1.74. The van der Waals surface area contributed by atoms with E-state index in [9.17, 15) is 4.79 Å². The summed E-state index contributed by atoms with van der Waals surface area (Å²) in [7, 11) is 0. The van der Waals surface area contributed by atoms with Crippen LogP contribution in [0.5, 0.6) is 0 Å². The van der Waals surface area contributed by atoms with Crippen LogP contribution in [0.25, 0.3) is 0 Å². The van der Waals surface area contributed by atoms with E-state index in [1.807, 2.05) is 31.2 Å². The lowest BCUT2D eigenvalue weighted by atomic mass is 10.2. The van der Waals surface area contributed by atoms with Gasteiger partial charge in [-0.3, -0.25) is 0 Å². The first-order valence-electron chi connectivity index (χ1n) is 5.52. The molecule has 0 aliphatic rings. The quantitative estimate of drug-likeness (QED) is 0.490. The molecule has 0 amide bonds. The molecule has 18 heavy (non-hydrogen) atoms. The molecular weight excluding hydrogens is 244 g/mol. The van der Waals surface area contributed by atoms with E-state index < -0.39 is 5.97 Å². The second kappa shape index (κ2) is 6.87. The normalized spacial score (nSPS) is 12.3. The number of hydrogen-bond donors (Lipinski definition) is 1. The minimum Gasteiger partial charge on any atom is -0.478 e. The van der Waals surface area contributed by atoms with Crippen LogP contribution in [0.4, 0.5) is 0 Å². The van der Waals surface area contributed by atoms with Gasteiger partial charge in [-0.1, -0.05) is 48.2 Å². The highest BCUT2D eigenvalue weighted by Gasteiger charge is 2.09. The highest BCUT2D eigenvalue weighted by Crippen LogP contribution is 2.29. The summed E-state index contributed by atoms with van der Waals surface area (Å²) in [6.45, 7) is 7.36. The first-order valence-corrected chi connectivity index (χ1v) is 6.34. The zero-order valence-electron chi connectivity index (χ0n) is 10.5. The van der Waals surface area contributed by atoms with Gasteiger partial charge in [-0.2, -0.15) is 0 Å². The number of carboxylic acid groups (broad SMARTS) is 1. The second-order valence-electron chi connectivity index (χ2n) is 3.78. The van der Waals surface area contributed by atoms with Crippen LogP contribution in [-0.2, 0) is 4.79 Å². The van der Waals surface area contributed by atoms with Gasteiger partial charge in [0, 0.05) is 9.80 Å². The van der Waals surface area contributed by atoms with Crippen LogP contribution in [0.15, 0.2) is 64.4 Å². The summed E-state index contributed by atoms with van der Waals surface area (Å²) in [5.74, 6) is -0.926. The lowest BCUT2D eigenvalue weighted by molar-refractivity contribution is -0.132. The molecule has 1 rings (SSSR count). The van der Waals surface area contributed by atoms with Gasteiger partial charge in [-0.15, -0.1) is 0 Å². The van der Waals surface area contributed by atoms with Crippen LogP contribution in [0, 0.1) is 6.92 Å². The number of thioether (sulfide) groups is 1. The molecule has 0 bridgehead atoms. The molecule has 1 aromatic rings. The molecule has 0 aliphatic carbocycles. The van der Waals surface area contributed by atoms with Crippen molar-refractivity contribution < 1.29 is 9.90 Å². The van der Waals surface area contributed by atoms with Crippen molar-refractivity contribution in [1.82, 2.24) is 0 Å². The van der Waals surface area contributed by atoms with Gasteiger partial charge in [0.1, 0.15) is 0 Å². The fourth-order valence-corrected chi connectivity index (χ4v) is 2.23. The van der Waals surface area contributed by atoms with E-state index in [0.717, 1.165) is 9.80 Å². The smallest absolute Gasteiger partial charge is 0.336 e. The van der Waals surface area contributed by atoms with Gasteiger partial charge in [0.25, 0.3) is 0 Å². The maximum Gasteiger partial charge on any atom is 0.336 e. The molecule has 3 heteroatoms. The molecule has 1 aromatic carbocycles. The topological polar surface area (TPSA) is 37.3 Å². The van der Waals surface area contributed by atoms with Crippen molar-refractivity contribution in [3.05, 3.63) is 65.1 Å². The summed E-state index contributed by atoms with van der Waals surface area (Å²) in [4.78, 5) is 12.9. The summed E-state index contributed by atoms with van der Waals surface area (Å²) in [5, 5.41) is 9.14. The van der Waals surface area contributed by atoms with E-state index in [2.05, 4.69) is 6.58 Å². The number of allylic oxidation sites excluding steroid dienone is 3. The van der Waals surface area contributed by atoms with E-state index in [1.54, 1.807) is 25.2 Å². The number of benzene rings is 1. The van der Waals surface area contributed by atoms with Crippen LogP contribution < -0.4 is 0 Å². The van der Waals surface area contributed by atoms with E-state index in [0.29, 0.717) is 5.57 Å². The van der Waals surface area contributed by atoms with Gasteiger partial charge in [0.05, 0.1) is 5.57 Å². The molecule has 0 fully saturated rings. The summed E-state index contributed by atoms with van der Waals surface area (Å²) in [6.07, 6.45) is 4.75. The predicted molar refractivity (Wildman–Crippen MR) is 76.7 cm³/mol. The zero-order chi connectivity index (χ0) is 13.5. The predicted octanol–water partition coefficient (Wildman–Crippen LogP) is 4.19. The molecule has 1 N–H and O–H groups in total. The van der Waals surface area contributed by atoms with Crippen LogP contribution in [0.2, 0.25) is 0 Å². The Bertz CT molecular complexity index is 496. The molecule has 0 radical (unpaired) electrons. The van der Waals surface area contributed by atoms with Gasteiger partial charge in [0.2, 0.25) is 0 Å². The van der Waals surface area contributed by atoms with E-state index in [-0.39, 0.29) is 0 Å². The van der Waals surface area contributed by atoms with Crippen molar-refractivity contribution in [2.24, 2.45) is 0 Å². The fraction of sp³-hybridized carbons (Fsp3) is 0.133. The van der Waals surface area contributed by atoms with Crippen molar-refractivity contribution in [1.29, 1.82) is 0 Å². The summed E-state index contributed by atoms with van der Waals surface area (Å²) < 4.78 is 0. The van der Waals surface area contributed by atoms with E-state index >= 15 is 0 Å². The van der Waals surface area contributed by atoms with Gasteiger partial charge in [0.15, 0.2) is 0 Å². The Balaban J connectivity index is 2.97. The molecule has 0 saturated heterocycles. The number of hydrogen-bond acceptors (Lipinski definition) is 2. The SMILES string of the molecule is C=C/C=C\C(C(=O)O)=C(/C)Sc1ccc(C)cc1. The highest BCUT2D eigenvalue weighted by atomic mass is 32.2. The Morgan fingerprint density at radius 3 is 2.44 bits per heavy atom. The maximum absolute atomic E-state index is 11.1. The average molecular weight is 260 g/mol. The van der Waals surface area contributed by atoms with Crippen molar-refractivity contribution >= 4 is 17.7 Å². The van der Waals surface area contributed by atoms with Crippen molar-refractivity contribution in [2.45, 2.75) is 18.7 Å². The summed E-state index contributed by atoms with van der Waals surface area (Å²) >= 11 is 1.45. The minimum atomic E-state index is -0.926. The number of aryl methyl sites for hydroxylation is 1. The molecule has 2 nitrogen and oxygen atoms in total. The third kappa shape index (κ3) is 4.26. The van der Waals surface area contributed by atoms with Gasteiger partial charge in [-0.05, 0) is 32.1 Å². The Morgan fingerprint density at radius 1 is 1.33 bits per heavy atom. The molecular formula is C15H16O2S. The molecule has 0 aliphatic heterocycles. The third-order valence-corrected chi connectivity index (χ3v) is 3.33. The van der Waals surface area contributed by atoms with E-state index in [4.69, 9.17) is 5.11 Å². The average Bonchev–Trinajstić information content (AvgIpc) is 2.32. The summed E-state index contributed by atoms with van der Waals surface area (Å²) in [6, 6.07) is 7.99. The number of aliphatic carboxylic acids is 1. The zero-order valence-corrected chi connectivity index (χ0v) is 11.3. The van der Waals surface area contributed by atoms with Gasteiger partial charge < -0.3 is 5.11 Å². The van der Waals surface area contributed by atoms with Crippen LogP contribution in [0.3, 0.4) is 0 Å². The number of rotatable bonds is 5. The Kier molecular flexibility index (Phi) is 5.46. The molecule has 0 unspecified atom stereocenters. The van der Waals surface area contributed by atoms with Gasteiger partial charge in [-0.25, -0.2) is 4.79 Å². The minimum absolute atomic E-state index is 0.292. The third-order valence-electron chi connectivity index (χ3n) is 2.30. The molecule has 0 spiro atoms. The largest absolute Gasteiger partial charge is 0.478 e. The van der Waals surface area contributed by atoms with Crippen molar-refractivity contribution in [2.75, 3.05) is 0 Å². The molecule has 94 valence electrons. The molecule has 0 atom stereocenters. The monoisotopic (exact) mass is 260 g/mol. The Labute approximate surface area is 112 Å². The number of carboxylic acids is 1. The lowest BCUT2D eigenvalue weighted by Gasteiger charge is -2.05. The second-order valence-corrected chi connectivity index (χ2v) is 5.07. The molecule has 0 saturated carbocycles. The highest BCUT2D eigenvalue weighted by molar-refractivity contribution is 8.03. The number of carbonyl (C=O) groups is 1. The first kappa shape index (κ1) is 14.3. The van der Waals surface area contributed by atoms with Gasteiger partial charge >= 0.3 is 5.97 Å². The fourth-order valence-electron chi connectivity index (χ4n) is 1.34.